The molecule has 2 heterocycles. The van der Waals surface area contributed by atoms with Gasteiger partial charge in [0, 0.05) is 39.5 Å². The van der Waals surface area contributed by atoms with Crippen LogP contribution in [0.5, 0.6) is 0 Å². The number of hydrogen-bond acceptors (Lipinski definition) is 4. The number of aliphatic hydroxyl groups is 1. The van der Waals surface area contributed by atoms with Crippen LogP contribution in [0, 0.1) is 8.99 Å². The molecule has 0 saturated carbocycles. The van der Waals surface area contributed by atoms with Gasteiger partial charge in [-0.15, -0.1) is 0 Å². The summed E-state index contributed by atoms with van der Waals surface area (Å²) in [4.78, 5) is 5.45. The Bertz CT molecular complexity index is 1170. The molecule has 0 spiro atoms. The Kier molecular flexibility index (Phi) is 8.88. The van der Waals surface area contributed by atoms with Gasteiger partial charge in [-0.2, -0.15) is 0 Å². The molecular formula is C33H50INO3Si. The summed E-state index contributed by atoms with van der Waals surface area (Å²) >= 11 is 2.51. The summed E-state index contributed by atoms with van der Waals surface area (Å²) in [5.41, 5.74) is 6.80. The highest BCUT2D eigenvalue weighted by Crippen LogP contribution is 2.50. The van der Waals surface area contributed by atoms with Crippen LogP contribution in [0.2, 0.25) is 18.1 Å². The van der Waals surface area contributed by atoms with Crippen molar-refractivity contribution in [1.29, 1.82) is 0 Å². The van der Waals surface area contributed by atoms with Crippen molar-refractivity contribution in [2.45, 2.75) is 123 Å². The van der Waals surface area contributed by atoms with E-state index in [0.29, 0.717) is 5.92 Å². The molecule has 0 bridgehead atoms. The second-order valence-electron chi connectivity index (χ2n) is 15.2. The number of nitrogens with zero attached hydrogens (tertiary/aromatic N) is 1. The fourth-order valence-corrected chi connectivity index (χ4v) is 8.24. The number of pyridine rings is 1. The average molecular weight is 664 g/mol. The summed E-state index contributed by atoms with van der Waals surface area (Å²) in [5, 5.41) is 12.1. The van der Waals surface area contributed by atoms with E-state index in [0.717, 1.165) is 59.3 Å². The normalized spacial score (nSPS) is 21.5. The zero-order valence-electron chi connectivity index (χ0n) is 25.9. The van der Waals surface area contributed by atoms with E-state index in [1.54, 1.807) is 0 Å². The largest absolute Gasteiger partial charge is 0.410 e. The van der Waals surface area contributed by atoms with Crippen LogP contribution in [0.1, 0.15) is 126 Å². The van der Waals surface area contributed by atoms with Crippen molar-refractivity contribution in [2.75, 3.05) is 13.2 Å². The third kappa shape index (κ3) is 6.66. The van der Waals surface area contributed by atoms with Gasteiger partial charge in [0.1, 0.15) is 6.10 Å². The van der Waals surface area contributed by atoms with Crippen LogP contribution in [-0.2, 0) is 21.0 Å². The highest BCUT2D eigenvalue weighted by molar-refractivity contribution is 14.1. The predicted molar refractivity (Wildman–Crippen MR) is 172 cm³/mol. The molecule has 39 heavy (non-hydrogen) atoms. The molecule has 1 aromatic carbocycles. The maximum atomic E-state index is 12.0. The van der Waals surface area contributed by atoms with Crippen LogP contribution < -0.4 is 0 Å². The van der Waals surface area contributed by atoms with Gasteiger partial charge in [-0.05, 0) is 88.4 Å². The SMILES string of the molecule is CC1(C)Cc2nc(C3CCOCC3)c([C@@H](O)c3ccc(C(C)(C)C)cc3)c(I)c2[C@@H](O[Si](C)(C)C(C)(C)C)C1. The first-order valence-electron chi connectivity index (χ1n) is 14.7. The highest BCUT2D eigenvalue weighted by Gasteiger charge is 2.44. The molecule has 2 aromatic rings. The number of halogens is 1. The molecule has 216 valence electrons. The molecule has 1 aromatic heterocycles. The number of ether oxygens (including phenoxy) is 1. The minimum absolute atomic E-state index is 0.0120. The predicted octanol–water partition coefficient (Wildman–Crippen LogP) is 8.99. The molecule has 0 unspecified atom stereocenters. The Morgan fingerprint density at radius 3 is 2.18 bits per heavy atom. The van der Waals surface area contributed by atoms with Gasteiger partial charge in [0.15, 0.2) is 8.32 Å². The summed E-state index contributed by atoms with van der Waals surface area (Å²) in [7, 11) is -2.04. The molecule has 6 heteroatoms. The van der Waals surface area contributed by atoms with Gasteiger partial charge < -0.3 is 14.3 Å². The fraction of sp³-hybridized carbons (Fsp3) is 0.667. The highest BCUT2D eigenvalue weighted by atomic mass is 127. The third-order valence-corrected chi connectivity index (χ3v) is 14.9. The van der Waals surface area contributed by atoms with Crippen LogP contribution >= 0.6 is 22.6 Å². The first-order valence-corrected chi connectivity index (χ1v) is 18.7. The number of benzene rings is 1. The van der Waals surface area contributed by atoms with Crippen LogP contribution in [-0.4, -0.2) is 31.6 Å². The Labute approximate surface area is 252 Å². The summed E-state index contributed by atoms with van der Waals surface area (Å²) in [5.74, 6) is 0.292. The molecule has 4 rings (SSSR count). The first-order chi connectivity index (χ1) is 17.9. The summed E-state index contributed by atoms with van der Waals surface area (Å²) in [6.45, 7) is 24.5. The fourth-order valence-electron chi connectivity index (χ4n) is 5.75. The van der Waals surface area contributed by atoms with E-state index in [4.69, 9.17) is 14.1 Å². The van der Waals surface area contributed by atoms with E-state index in [9.17, 15) is 5.11 Å². The topological polar surface area (TPSA) is 51.6 Å². The van der Waals surface area contributed by atoms with Crippen molar-refractivity contribution < 1.29 is 14.3 Å². The lowest BCUT2D eigenvalue weighted by molar-refractivity contribution is 0.0827. The Morgan fingerprint density at radius 2 is 1.64 bits per heavy atom. The average Bonchev–Trinajstić information content (AvgIpc) is 2.81. The molecule has 2 aliphatic rings. The van der Waals surface area contributed by atoms with Crippen LogP contribution in [0.15, 0.2) is 24.3 Å². The molecule has 0 radical (unpaired) electrons. The lowest BCUT2D eigenvalue weighted by Gasteiger charge is -2.45. The van der Waals surface area contributed by atoms with E-state index in [-0.39, 0.29) is 22.0 Å². The zero-order valence-corrected chi connectivity index (χ0v) is 29.0. The number of aliphatic hydroxyl groups excluding tert-OH is 1. The molecule has 1 aliphatic carbocycles. The van der Waals surface area contributed by atoms with Gasteiger partial charge in [0.25, 0.3) is 0 Å². The molecule has 1 N–H and O–H groups in total. The van der Waals surface area contributed by atoms with Crippen LogP contribution in [0.3, 0.4) is 0 Å². The van der Waals surface area contributed by atoms with Crippen molar-refractivity contribution in [3.05, 3.63) is 61.5 Å². The standard InChI is InChI=1S/C33H50INO3Si/c1-31(2,3)23-13-11-22(12-14-23)30(36)27-28(34)26-24(35-29(27)21-15-17-37-18-16-21)19-33(7,8)20-25(26)38-39(9,10)32(4,5)6/h11-14,21,25,30,36H,15-20H2,1-10H3/t25-,30-/m0/s1. The number of rotatable bonds is 5. The van der Waals surface area contributed by atoms with Crippen molar-refractivity contribution in [2.24, 2.45) is 5.41 Å². The molecule has 1 saturated heterocycles. The lowest BCUT2D eigenvalue weighted by Crippen LogP contribution is -2.44. The van der Waals surface area contributed by atoms with E-state index in [1.165, 1.54) is 16.8 Å². The Balaban J connectivity index is 1.88. The van der Waals surface area contributed by atoms with Gasteiger partial charge >= 0.3 is 0 Å². The van der Waals surface area contributed by atoms with Crippen molar-refractivity contribution in [3.63, 3.8) is 0 Å². The quantitative estimate of drug-likeness (QED) is 0.256. The van der Waals surface area contributed by atoms with E-state index < -0.39 is 14.4 Å². The van der Waals surface area contributed by atoms with Crippen molar-refractivity contribution in [1.82, 2.24) is 4.98 Å². The molecular weight excluding hydrogens is 613 g/mol. The second-order valence-corrected chi connectivity index (χ2v) is 21.0. The van der Waals surface area contributed by atoms with Gasteiger partial charge in [0.2, 0.25) is 0 Å². The zero-order chi connectivity index (χ0) is 29.0. The van der Waals surface area contributed by atoms with E-state index in [2.05, 4.69) is 115 Å². The molecule has 2 atom stereocenters. The molecule has 1 aliphatic heterocycles. The smallest absolute Gasteiger partial charge is 0.192 e. The summed E-state index contributed by atoms with van der Waals surface area (Å²) < 4.78 is 14.0. The van der Waals surface area contributed by atoms with Crippen LogP contribution in [0.25, 0.3) is 0 Å². The van der Waals surface area contributed by atoms with Crippen molar-refractivity contribution >= 4 is 30.9 Å². The molecule has 0 amide bonds. The van der Waals surface area contributed by atoms with E-state index >= 15 is 0 Å². The lowest BCUT2D eigenvalue weighted by atomic mass is 9.74. The van der Waals surface area contributed by atoms with E-state index in [1.807, 2.05) is 0 Å². The van der Waals surface area contributed by atoms with Gasteiger partial charge in [-0.3, -0.25) is 4.98 Å². The second kappa shape index (κ2) is 11.1. The van der Waals surface area contributed by atoms with Crippen molar-refractivity contribution in [3.8, 4) is 0 Å². The third-order valence-electron chi connectivity index (χ3n) is 9.24. The maximum absolute atomic E-state index is 12.0. The molecule has 4 nitrogen and oxygen atoms in total. The number of aromatic nitrogens is 1. The van der Waals surface area contributed by atoms with Gasteiger partial charge in [0.05, 0.1) is 11.8 Å². The number of fused-ring (bicyclic) bond motifs is 1. The Hall–Kier alpha value is -0.803. The van der Waals surface area contributed by atoms with Gasteiger partial charge in [-0.25, -0.2) is 0 Å². The minimum Gasteiger partial charge on any atom is -0.410 e. The molecule has 1 fully saturated rings. The summed E-state index contributed by atoms with van der Waals surface area (Å²) in [6, 6.07) is 8.52. The number of hydrogen-bond donors (Lipinski definition) is 1. The first kappa shape index (κ1) is 31.1. The van der Waals surface area contributed by atoms with Gasteiger partial charge in [-0.1, -0.05) is 79.7 Å². The minimum atomic E-state index is -2.04. The Morgan fingerprint density at radius 1 is 1.05 bits per heavy atom. The maximum Gasteiger partial charge on any atom is 0.192 e. The monoisotopic (exact) mass is 663 g/mol. The van der Waals surface area contributed by atoms with Crippen LogP contribution in [0.4, 0.5) is 0 Å². The summed E-state index contributed by atoms with van der Waals surface area (Å²) in [6.07, 6.45) is 3.04.